The fourth-order valence-electron chi connectivity index (χ4n) is 3.86. The number of hydrogen-bond acceptors (Lipinski definition) is 4. The lowest BCUT2D eigenvalue weighted by atomic mass is 9.87. The van der Waals surface area contributed by atoms with E-state index < -0.39 is 10.0 Å². The lowest BCUT2D eigenvalue weighted by Crippen LogP contribution is -2.50. The third-order valence-electron chi connectivity index (χ3n) is 5.66. The molecule has 0 bridgehead atoms. The quantitative estimate of drug-likeness (QED) is 0.872. The minimum Gasteiger partial charge on any atom is -0.317 e. The summed E-state index contributed by atoms with van der Waals surface area (Å²) in [4.78, 5) is 2.85. The molecule has 0 aromatic heterocycles. The second-order valence-electron chi connectivity index (χ2n) is 8.67. The fourth-order valence-corrected chi connectivity index (χ4v) is 5.28. The molecule has 6 heteroatoms. The highest BCUT2D eigenvalue weighted by molar-refractivity contribution is 7.89. The predicted molar refractivity (Wildman–Crippen MR) is 106 cm³/mol. The number of rotatable bonds is 4. The average Bonchev–Trinajstić information content (AvgIpc) is 2.62. The number of piperidine rings is 1. The molecule has 0 saturated carbocycles. The van der Waals surface area contributed by atoms with E-state index in [2.05, 4.69) is 31.0 Å². The van der Waals surface area contributed by atoms with Crippen molar-refractivity contribution < 1.29 is 8.42 Å². The Bertz CT molecular complexity index is 681. The number of piperazine rings is 1. The van der Waals surface area contributed by atoms with Crippen LogP contribution in [0.1, 0.15) is 39.2 Å². The van der Waals surface area contributed by atoms with Crippen LogP contribution in [0.25, 0.3) is 0 Å². The second-order valence-corrected chi connectivity index (χ2v) is 10.6. The molecule has 2 aliphatic heterocycles. The van der Waals surface area contributed by atoms with Crippen molar-refractivity contribution in [2.24, 2.45) is 5.92 Å². The van der Waals surface area contributed by atoms with Gasteiger partial charge in [-0.3, -0.25) is 0 Å². The highest BCUT2D eigenvalue weighted by Crippen LogP contribution is 2.25. The van der Waals surface area contributed by atoms with E-state index in [1.165, 1.54) is 12.8 Å². The Balaban J connectivity index is 1.59. The Morgan fingerprint density at radius 3 is 2.12 bits per heavy atom. The van der Waals surface area contributed by atoms with E-state index in [0.717, 1.165) is 44.2 Å². The summed E-state index contributed by atoms with van der Waals surface area (Å²) in [5, 5.41) is 3.40. The van der Waals surface area contributed by atoms with Crippen LogP contribution < -0.4 is 5.32 Å². The maximum atomic E-state index is 12.9. The molecule has 0 unspecified atom stereocenters. The Morgan fingerprint density at radius 1 is 1.00 bits per heavy atom. The van der Waals surface area contributed by atoms with Crippen LogP contribution in [-0.4, -0.2) is 63.4 Å². The van der Waals surface area contributed by atoms with Crippen LogP contribution in [0.2, 0.25) is 0 Å². The Kier molecular flexibility index (Phi) is 6.07. The summed E-state index contributed by atoms with van der Waals surface area (Å²) in [6.07, 6.45) is 2.47. The molecule has 2 saturated heterocycles. The Labute approximate surface area is 158 Å². The summed E-state index contributed by atoms with van der Waals surface area (Å²) in [5.41, 5.74) is 1.19. The van der Waals surface area contributed by atoms with E-state index >= 15 is 0 Å². The van der Waals surface area contributed by atoms with Crippen LogP contribution in [0.4, 0.5) is 0 Å². The Hall–Kier alpha value is -0.950. The van der Waals surface area contributed by atoms with Crippen LogP contribution in [0.15, 0.2) is 29.2 Å². The third kappa shape index (κ3) is 4.66. The topological polar surface area (TPSA) is 52.7 Å². The fraction of sp³-hybridized carbons (Fsp3) is 0.700. The van der Waals surface area contributed by atoms with Crippen LogP contribution in [0, 0.1) is 5.92 Å². The van der Waals surface area contributed by atoms with Crippen LogP contribution >= 0.6 is 0 Å². The molecule has 5 nitrogen and oxygen atoms in total. The normalized spacial score (nSPS) is 21.8. The van der Waals surface area contributed by atoms with Gasteiger partial charge in [0, 0.05) is 32.7 Å². The van der Waals surface area contributed by atoms with E-state index in [4.69, 9.17) is 0 Å². The molecule has 2 aliphatic rings. The van der Waals surface area contributed by atoms with Crippen LogP contribution in [0.3, 0.4) is 0 Å². The van der Waals surface area contributed by atoms with E-state index in [-0.39, 0.29) is 5.41 Å². The van der Waals surface area contributed by atoms with Gasteiger partial charge in [-0.2, -0.15) is 4.31 Å². The highest BCUT2D eigenvalue weighted by atomic mass is 32.2. The summed E-state index contributed by atoms with van der Waals surface area (Å²) >= 11 is 0. The third-order valence-corrected chi connectivity index (χ3v) is 7.58. The monoisotopic (exact) mass is 379 g/mol. The second kappa shape index (κ2) is 7.97. The highest BCUT2D eigenvalue weighted by Gasteiger charge is 2.29. The molecule has 0 atom stereocenters. The number of nitrogens with one attached hydrogen (secondary N) is 1. The average molecular weight is 380 g/mol. The molecular formula is C20H33N3O2S. The maximum absolute atomic E-state index is 12.9. The molecule has 2 fully saturated rings. The first kappa shape index (κ1) is 19.8. The zero-order valence-electron chi connectivity index (χ0n) is 16.4. The molecule has 0 amide bonds. The van der Waals surface area contributed by atoms with Crippen molar-refractivity contribution in [3.8, 4) is 0 Å². The molecule has 26 heavy (non-hydrogen) atoms. The number of benzene rings is 1. The van der Waals surface area contributed by atoms with Crippen LogP contribution in [-0.2, 0) is 15.4 Å². The molecule has 0 radical (unpaired) electrons. The van der Waals surface area contributed by atoms with Crippen molar-refractivity contribution in [1.82, 2.24) is 14.5 Å². The van der Waals surface area contributed by atoms with Gasteiger partial charge in [-0.25, -0.2) is 8.42 Å². The lowest BCUT2D eigenvalue weighted by Gasteiger charge is -2.36. The van der Waals surface area contributed by atoms with Gasteiger partial charge in [0.05, 0.1) is 4.90 Å². The zero-order chi connectivity index (χ0) is 18.8. The molecule has 2 heterocycles. The standard InChI is InChI=1S/C20H33N3O2S/c1-20(2,3)18-4-6-19(7-5-18)26(24,25)23-14-12-22(13-15-23)16-17-8-10-21-11-9-17/h4-7,17,21H,8-16H2,1-3H3. The molecule has 0 spiro atoms. The van der Waals surface area contributed by atoms with Crippen molar-refractivity contribution in [1.29, 1.82) is 0 Å². The van der Waals surface area contributed by atoms with Crippen molar-refractivity contribution in [3.05, 3.63) is 29.8 Å². The maximum Gasteiger partial charge on any atom is 0.243 e. The van der Waals surface area contributed by atoms with Gasteiger partial charge < -0.3 is 10.2 Å². The summed E-state index contributed by atoms with van der Waals surface area (Å²) in [5.74, 6) is 0.754. The SMILES string of the molecule is CC(C)(C)c1ccc(S(=O)(=O)N2CCN(CC3CCNCC3)CC2)cc1. The van der Waals surface area contributed by atoms with E-state index in [0.29, 0.717) is 18.0 Å². The van der Waals surface area contributed by atoms with Crippen molar-refractivity contribution >= 4 is 10.0 Å². The molecule has 1 N–H and O–H groups in total. The summed E-state index contributed by atoms with van der Waals surface area (Å²) < 4.78 is 27.5. The van der Waals surface area contributed by atoms with Gasteiger partial charge >= 0.3 is 0 Å². The molecule has 146 valence electrons. The van der Waals surface area contributed by atoms with Crippen molar-refractivity contribution in [3.63, 3.8) is 0 Å². The van der Waals surface area contributed by atoms with Crippen molar-refractivity contribution in [2.75, 3.05) is 45.8 Å². The first-order chi connectivity index (χ1) is 12.3. The van der Waals surface area contributed by atoms with Gasteiger partial charge in [0.2, 0.25) is 10.0 Å². The minimum atomic E-state index is -3.38. The molecule has 0 aliphatic carbocycles. The minimum absolute atomic E-state index is 0.0303. The van der Waals surface area contributed by atoms with E-state index in [9.17, 15) is 8.42 Å². The lowest BCUT2D eigenvalue weighted by molar-refractivity contribution is 0.152. The number of sulfonamides is 1. The van der Waals surface area contributed by atoms with Gasteiger partial charge in [-0.15, -0.1) is 0 Å². The molecule has 3 rings (SSSR count). The van der Waals surface area contributed by atoms with Crippen LogP contribution in [0.5, 0.6) is 0 Å². The summed E-state index contributed by atoms with van der Waals surface area (Å²) in [6.45, 7) is 12.6. The largest absolute Gasteiger partial charge is 0.317 e. The van der Waals surface area contributed by atoms with Gasteiger partial charge in [-0.1, -0.05) is 32.9 Å². The first-order valence-corrected chi connectivity index (χ1v) is 11.2. The summed E-state index contributed by atoms with van der Waals surface area (Å²) in [6, 6.07) is 7.41. The van der Waals surface area contributed by atoms with E-state index in [1.54, 1.807) is 16.4 Å². The van der Waals surface area contributed by atoms with E-state index in [1.807, 2.05) is 12.1 Å². The zero-order valence-corrected chi connectivity index (χ0v) is 17.2. The molecular weight excluding hydrogens is 346 g/mol. The van der Waals surface area contributed by atoms with Gasteiger partial charge in [0.1, 0.15) is 0 Å². The smallest absolute Gasteiger partial charge is 0.243 e. The summed E-state index contributed by atoms with van der Waals surface area (Å²) in [7, 11) is -3.38. The Morgan fingerprint density at radius 2 is 1.58 bits per heavy atom. The first-order valence-electron chi connectivity index (χ1n) is 9.80. The van der Waals surface area contributed by atoms with Gasteiger partial charge in [0.25, 0.3) is 0 Å². The van der Waals surface area contributed by atoms with Crippen molar-refractivity contribution in [2.45, 2.75) is 43.9 Å². The van der Waals surface area contributed by atoms with Gasteiger partial charge in [-0.05, 0) is 55.0 Å². The predicted octanol–water partition coefficient (Wildman–Crippen LogP) is 2.29. The number of hydrogen-bond donors (Lipinski definition) is 1. The molecule has 1 aromatic carbocycles. The molecule has 1 aromatic rings. The number of nitrogens with zero attached hydrogens (tertiary/aromatic N) is 2. The van der Waals surface area contributed by atoms with Gasteiger partial charge in [0.15, 0.2) is 0 Å².